The zero-order valence-electron chi connectivity index (χ0n) is 13.8. The molecule has 25 heavy (non-hydrogen) atoms. The molecule has 0 atom stereocenters. The van der Waals surface area contributed by atoms with Crippen LogP contribution >= 0.6 is 0 Å². The Balaban J connectivity index is 1.76. The van der Waals surface area contributed by atoms with Crippen LogP contribution in [-0.4, -0.2) is 18.4 Å². The van der Waals surface area contributed by atoms with Gasteiger partial charge in [0.1, 0.15) is 12.4 Å². The number of halogens is 1. The van der Waals surface area contributed by atoms with E-state index in [1.54, 1.807) is 0 Å². The van der Waals surface area contributed by atoms with E-state index in [4.69, 9.17) is 4.74 Å². The van der Waals surface area contributed by atoms with Gasteiger partial charge in [-0.05, 0) is 30.7 Å². The number of rotatable bonds is 5. The maximum atomic E-state index is 13.6. The van der Waals surface area contributed by atoms with Gasteiger partial charge in [-0.1, -0.05) is 42.2 Å². The molecule has 0 heterocycles. The molecule has 1 N–H and O–H groups in total. The SMILES string of the molecule is CC(=O)c1ccc(F)c(C#CCCNC(=O)OCc2ccccc2)c1. The van der Waals surface area contributed by atoms with Crippen molar-refractivity contribution in [2.75, 3.05) is 6.54 Å². The van der Waals surface area contributed by atoms with Crippen molar-refractivity contribution in [1.29, 1.82) is 0 Å². The molecule has 0 fully saturated rings. The van der Waals surface area contributed by atoms with E-state index >= 15 is 0 Å². The van der Waals surface area contributed by atoms with Crippen molar-refractivity contribution >= 4 is 11.9 Å². The van der Waals surface area contributed by atoms with Crippen molar-refractivity contribution in [3.05, 3.63) is 71.0 Å². The Labute approximate surface area is 146 Å². The molecule has 0 aromatic heterocycles. The Morgan fingerprint density at radius 3 is 2.64 bits per heavy atom. The van der Waals surface area contributed by atoms with E-state index in [9.17, 15) is 14.0 Å². The standard InChI is InChI=1S/C20H18FNO3/c1-15(23)17-10-11-19(21)18(13-17)9-5-6-12-22-20(24)25-14-16-7-3-2-4-8-16/h2-4,7-8,10-11,13H,6,12,14H2,1H3,(H,22,24). The summed E-state index contributed by atoms with van der Waals surface area (Å²) < 4.78 is 18.7. The van der Waals surface area contributed by atoms with Crippen LogP contribution in [0.15, 0.2) is 48.5 Å². The normalized spacial score (nSPS) is 9.68. The van der Waals surface area contributed by atoms with Crippen LogP contribution in [0.1, 0.15) is 34.8 Å². The van der Waals surface area contributed by atoms with Crippen molar-refractivity contribution in [1.82, 2.24) is 5.32 Å². The van der Waals surface area contributed by atoms with E-state index in [2.05, 4.69) is 17.2 Å². The highest BCUT2D eigenvalue weighted by Gasteiger charge is 2.04. The topological polar surface area (TPSA) is 55.4 Å². The number of hydrogen-bond acceptors (Lipinski definition) is 3. The number of hydrogen-bond donors (Lipinski definition) is 1. The van der Waals surface area contributed by atoms with Gasteiger partial charge in [-0.2, -0.15) is 0 Å². The highest BCUT2D eigenvalue weighted by atomic mass is 19.1. The fourth-order valence-corrected chi connectivity index (χ4v) is 2.00. The molecule has 0 aliphatic rings. The molecule has 0 spiro atoms. The minimum Gasteiger partial charge on any atom is -0.445 e. The molecule has 2 aromatic rings. The summed E-state index contributed by atoms with van der Waals surface area (Å²) in [4.78, 5) is 22.8. The molecule has 128 valence electrons. The zero-order valence-corrected chi connectivity index (χ0v) is 13.8. The smallest absolute Gasteiger partial charge is 0.407 e. The highest BCUT2D eigenvalue weighted by molar-refractivity contribution is 5.94. The number of carbonyl (C=O) groups excluding carboxylic acids is 2. The number of Topliss-reactive ketones (excluding diaryl/α,β-unsaturated/α-hetero) is 1. The lowest BCUT2D eigenvalue weighted by Crippen LogP contribution is -2.24. The van der Waals surface area contributed by atoms with Crippen LogP contribution in [0.4, 0.5) is 9.18 Å². The molecule has 0 aliphatic carbocycles. The summed E-state index contributed by atoms with van der Waals surface area (Å²) in [6.07, 6.45) is -0.195. The molecule has 0 saturated carbocycles. The maximum Gasteiger partial charge on any atom is 0.407 e. The molecular formula is C20H18FNO3. The second kappa shape index (κ2) is 9.24. The molecule has 0 bridgehead atoms. The summed E-state index contributed by atoms with van der Waals surface area (Å²) >= 11 is 0. The van der Waals surface area contributed by atoms with Crippen LogP contribution in [0.25, 0.3) is 0 Å². The van der Waals surface area contributed by atoms with Crippen LogP contribution < -0.4 is 5.32 Å². The lowest BCUT2D eigenvalue weighted by Gasteiger charge is -2.05. The van der Waals surface area contributed by atoms with Gasteiger partial charge in [-0.3, -0.25) is 4.79 Å². The summed E-state index contributed by atoms with van der Waals surface area (Å²) in [6.45, 7) is 1.89. The van der Waals surface area contributed by atoms with Crippen LogP contribution in [0, 0.1) is 17.7 Å². The minimum atomic E-state index is -0.532. The molecule has 0 unspecified atom stereocenters. The van der Waals surface area contributed by atoms with Crippen molar-refractivity contribution in [2.45, 2.75) is 20.0 Å². The lowest BCUT2D eigenvalue weighted by atomic mass is 10.1. The molecule has 2 rings (SSSR count). The predicted molar refractivity (Wildman–Crippen MR) is 92.5 cm³/mol. The molecule has 5 heteroatoms. The van der Waals surface area contributed by atoms with E-state index in [1.807, 2.05) is 30.3 Å². The van der Waals surface area contributed by atoms with Crippen LogP contribution in [0.5, 0.6) is 0 Å². The third-order valence-corrected chi connectivity index (χ3v) is 3.33. The number of amides is 1. The van der Waals surface area contributed by atoms with Gasteiger partial charge in [-0.15, -0.1) is 0 Å². The van der Waals surface area contributed by atoms with Gasteiger partial charge in [0, 0.05) is 18.5 Å². The summed E-state index contributed by atoms with van der Waals surface area (Å²) in [5, 5.41) is 2.57. The Morgan fingerprint density at radius 1 is 1.16 bits per heavy atom. The predicted octanol–water partition coefficient (Wildman–Crippen LogP) is 3.70. The van der Waals surface area contributed by atoms with Crippen molar-refractivity contribution < 1.29 is 18.7 Å². The summed E-state index contributed by atoms with van der Waals surface area (Å²) in [6, 6.07) is 13.4. The van der Waals surface area contributed by atoms with Gasteiger partial charge in [0.25, 0.3) is 0 Å². The minimum absolute atomic E-state index is 0.147. The molecular weight excluding hydrogens is 321 g/mol. The van der Waals surface area contributed by atoms with Gasteiger partial charge in [0.15, 0.2) is 5.78 Å². The van der Waals surface area contributed by atoms with Crippen LogP contribution in [0.3, 0.4) is 0 Å². The molecule has 2 aromatic carbocycles. The number of nitrogens with one attached hydrogen (secondary N) is 1. The van der Waals surface area contributed by atoms with E-state index < -0.39 is 11.9 Å². The van der Waals surface area contributed by atoms with E-state index in [0.29, 0.717) is 12.0 Å². The Kier molecular flexibility index (Phi) is 6.73. The quantitative estimate of drug-likeness (QED) is 0.513. The second-order valence-corrected chi connectivity index (χ2v) is 5.29. The maximum absolute atomic E-state index is 13.6. The molecule has 0 radical (unpaired) electrons. The first-order chi connectivity index (χ1) is 12.1. The molecule has 0 saturated heterocycles. The van der Waals surface area contributed by atoms with Gasteiger partial charge >= 0.3 is 6.09 Å². The lowest BCUT2D eigenvalue weighted by molar-refractivity contribution is 0.101. The fraction of sp³-hybridized carbons (Fsp3) is 0.200. The average molecular weight is 339 g/mol. The van der Waals surface area contributed by atoms with E-state index in [1.165, 1.54) is 25.1 Å². The zero-order chi connectivity index (χ0) is 18.1. The van der Waals surface area contributed by atoms with Crippen molar-refractivity contribution in [2.24, 2.45) is 0 Å². The van der Waals surface area contributed by atoms with Crippen LogP contribution in [0.2, 0.25) is 0 Å². The Bertz CT molecular complexity index is 807. The van der Waals surface area contributed by atoms with Gasteiger partial charge in [-0.25, -0.2) is 9.18 Å². The number of benzene rings is 2. The summed E-state index contributed by atoms with van der Waals surface area (Å²) in [5.74, 6) is 4.81. The monoisotopic (exact) mass is 339 g/mol. The van der Waals surface area contributed by atoms with Gasteiger partial charge < -0.3 is 10.1 Å². The molecule has 1 amide bonds. The van der Waals surface area contributed by atoms with E-state index in [0.717, 1.165) is 5.56 Å². The first-order valence-electron chi connectivity index (χ1n) is 7.80. The van der Waals surface area contributed by atoms with Gasteiger partial charge in [0.2, 0.25) is 0 Å². The third-order valence-electron chi connectivity index (χ3n) is 3.33. The molecule has 4 nitrogen and oxygen atoms in total. The fourth-order valence-electron chi connectivity index (χ4n) is 2.00. The molecule has 0 aliphatic heterocycles. The Morgan fingerprint density at radius 2 is 1.92 bits per heavy atom. The number of ether oxygens (including phenoxy) is 1. The Hall–Kier alpha value is -3.13. The summed E-state index contributed by atoms with van der Waals surface area (Å²) in [5.41, 5.74) is 1.48. The second-order valence-electron chi connectivity index (χ2n) is 5.29. The number of alkyl carbamates (subject to hydrolysis) is 1. The van der Waals surface area contributed by atoms with Crippen LogP contribution in [-0.2, 0) is 11.3 Å². The summed E-state index contributed by atoms with van der Waals surface area (Å²) in [7, 11) is 0. The van der Waals surface area contributed by atoms with Crippen molar-refractivity contribution in [3.63, 3.8) is 0 Å². The highest BCUT2D eigenvalue weighted by Crippen LogP contribution is 2.10. The number of carbonyl (C=O) groups is 2. The third kappa shape index (κ3) is 6.11. The first-order valence-corrected chi connectivity index (χ1v) is 7.80. The number of ketones is 1. The average Bonchev–Trinajstić information content (AvgIpc) is 2.61. The first kappa shape index (κ1) is 18.2. The van der Waals surface area contributed by atoms with E-state index in [-0.39, 0.29) is 24.5 Å². The van der Waals surface area contributed by atoms with Crippen molar-refractivity contribution in [3.8, 4) is 11.8 Å². The van der Waals surface area contributed by atoms with Gasteiger partial charge in [0.05, 0.1) is 5.56 Å². The largest absolute Gasteiger partial charge is 0.445 e.